The summed E-state index contributed by atoms with van der Waals surface area (Å²) in [6.45, 7) is 1.33. The van der Waals surface area contributed by atoms with E-state index in [0.29, 0.717) is 22.9 Å². The van der Waals surface area contributed by atoms with Crippen LogP contribution >= 0.6 is 0 Å². The molecular weight excluding hydrogens is 390 g/mol. The van der Waals surface area contributed by atoms with E-state index >= 15 is 0 Å². The minimum absolute atomic E-state index is 0.260. The number of aromatic nitrogens is 2. The van der Waals surface area contributed by atoms with E-state index < -0.39 is 18.5 Å². The summed E-state index contributed by atoms with van der Waals surface area (Å²) < 4.78 is 16.8. The maximum atomic E-state index is 12.2. The van der Waals surface area contributed by atoms with Crippen molar-refractivity contribution >= 4 is 17.6 Å². The largest absolute Gasteiger partial charge is 0.497 e. The van der Waals surface area contributed by atoms with Crippen LogP contribution in [-0.4, -0.2) is 42.3 Å². The highest BCUT2D eigenvalue weighted by atomic mass is 16.5. The summed E-state index contributed by atoms with van der Waals surface area (Å²) >= 11 is 0. The molecule has 0 spiro atoms. The highest BCUT2D eigenvalue weighted by molar-refractivity contribution is 5.95. The van der Waals surface area contributed by atoms with Crippen LogP contribution in [0.15, 0.2) is 53.5 Å². The van der Waals surface area contributed by atoms with E-state index in [1.54, 1.807) is 43.5 Å². The van der Waals surface area contributed by atoms with Gasteiger partial charge in [-0.1, -0.05) is 0 Å². The smallest absolute Gasteiger partial charge is 0.338 e. The van der Waals surface area contributed by atoms with Gasteiger partial charge in [0.25, 0.3) is 5.91 Å². The molecule has 0 fully saturated rings. The number of benzene rings is 2. The number of carbonyl (C=O) groups excluding carboxylic acids is 2. The highest BCUT2D eigenvalue weighted by Crippen LogP contribution is 2.25. The van der Waals surface area contributed by atoms with Crippen molar-refractivity contribution in [1.29, 1.82) is 0 Å². The number of aryl methyl sites for hydroxylation is 1. The van der Waals surface area contributed by atoms with Crippen LogP contribution in [0.1, 0.15) is 16.1 Å². The number of esters is 1. The van der Waals surface area contributed by atoms with Crippen molar-refractivity contribution in [2.45, 2.75) is 6.92 Å². The first-order valence-corrected chi connectivity index (χ1v) is 8.99. The Morgan fingerprint density at radius 3 is 2.20 bits per heavy atom. The molecule has 9 nitrogen and oxygen atoms in total. The summed E-state index contributed by atoms with van der Waals surface area (Å²) in [4.78, 5) is 38.8. The average molecular weight is 411 g/mol. The second-order valence-corrected chi connectivity index (χ2v) is 6.34. The number of aromatic amines is 1. The van der Waals surface area contributed by atoms with Crippen molar-refractivity contribution in [2.75, 3.05) is 26.1 Å². The molecule has 0 saturated carbocycles. The molecule has 2 N–H and O–H groups in total. The molecule has 0 aliphatic rings. The molecule has 0 saturated heterocycles. The maximum Gasteiger partial charge on any atom is 0.338 e. The number of carbonyl (C=O) groups is 2. The van der Waals surface area contributed by atoms with Crippen LogP contribution in [0.4, 0.5) is 5.69 Å². The molecule has 9 heteroatoms. The maximum absolute atomic E-state index is 12.2. The molecule has 3 rings (SSSR count). The molecule has 0 unspecified atom stereocenters. The minimum atomic E-state index is -0.655. The van der Waals surface area contributed by atoms with Crippen LogP contribution in [0.5, 0.6) is 11.5 Å². The molecule has 2 aromatic carbocycles. The number of hydrogen-bond acceptors (Lipinski definition) is 6. The molecule has 0 aliphatic heterocycles. The molecule has 3 aromatic rings. The van der Waals surface area contributed by atoms with Gasteiger partial charge >= 0.3 is 11.7 Å². The van der Waals surface area contributed by atoms with Gasteiger partial charge < -0.3 is 24.5 Å². The molecule has 30 heavy (non-hydrogen) atoms. The van der Waals surface area contributed by atoms with Gasteiger partial charge in [-0.25, -0.2) is 9.59 Å². The van der Waals surface area contributed by atoms with Crippen molar-refractivity contribution in [3.63, 3.8) is 0 Å². The zero-order valence-corrected chi connectivity index (χ0v) is 16.7. The molecule has 0 radical (unpaired) electrons. The van der Waals surface area contributed by atoms with Crippen LogP contribution in [0.25, 0.3) is 5.69 Å². The molecule has 0 atom stereocenters. The van der Waals surface area contributed by atoms with E-state index in [1.807, 2.05) is 0 Å². The normalized spacial score (nSPS) is 10.4. The third-order valence-corrected chi connectivity index (χ3v) is 4.29. The summed E-state index contributed by atoms with van der Waals surface area (Å²) in [5.74, 6) is -0.139. The number of ether oxygens (including phenoxy) is 3. The van der Waals surface area contributed by atoms with Gasteiger partial charge in [-0.15, -0.1) is 0 Å². The van der Waals surface area contributed by atoms with E-state index in [1.165, 1.54) is 30.9 Å². The Hall–Kier alpha value is -4.01. The molecule has 0 aliphatic carbocycles. The molecule has 1 amide bonds. The van der Waals surface area contributed by atoms with Gasteiger partial charge in [0, 0.05) is 35.8 Å². The summed E-state index contributed by atoms with van der Waals surface area (Å²) in [6, 6.07) is 11.2. The SMILES string of the molecule is COc1cc(NC(=O)COC(=O)c2ccc(-n3c(C)c[nH]c3=O)cc2)cc(OC)c1. The van der Waals surface area contributed by atoms with Crippen molar-refractivity contribution in [2.24, 2.45) is 0 Å². The average Bonchev–Trinajstić information content (AvgIpc) is 3.09. The fourth-order valence-corrected chi connectivity index (χ4v) is 2.81. The standard InChI is InChI=1S/C21H21N3O6/c1-13-11-22-21(27)24(13)16-6-4-14(5-7-16)20(26)30-12-19(25)23-15-8-17(28-2)10-18(9-15)29-3/h4-11H,12H2,1-3H3,(H,22,27)(H,23,25). The number of imidazole rings is 1. The summed E-state index contributed by atoms with van der Waals surface area (Å²) in [6.07, 6.45) is 1.60. The Kier molecular flexibility index (Phi) is 6.21. The number of nitrogens with zero attached hydrogens (tertiary/aromatic N) is 1. The van der Waals surface area contributed by atoms with Crippen LogP contribution in [-0.2, 0) is 9.53 Å². The molecule has 1 aromatic heterocycles. The van der Waals surface area contributed by atoms with Gasteiger partial charge in [-0.2, -0.15) is 0 Å². The number of anilines is 1. The third-order valence-electron chi connectivity index (χ3n) is 4.29. The van der Waals surface area contributed by atoms with Gasteiger partial charge in [0.1, 0.15) is 11.5 Å². The number of hydrogen-bond donors (Lipinski definition) is 2. The van der Waals surface area contributed by atoms with Crippen LogP contribution in [0.3, 0.4) is 0 Å². The second-order valence-electron chi connectivity index (χ2n) is 6.34. The Labute approximate surface area is 172 Å². The quantitative estimate of drug-likeness (QED) is 0.577. The Morgan fingerprint density at radius 1 is 1.03 bits per heavy atom. The van der Waals surface area contributed by atoms with Crippen molar-refractivity contribution in [3.05, 3.63) is 70.4 Å². The second kappa shape index (κ2) is 8.99. The van der Waals surface area contributed by atoms with Crippen molar-refractivity contribution in [1.82, 2.24) is 9.55 Å². The highest BCUT2D eigenvalue weighted by Gasteiger charge is 2.12. The number of amides is 1. The van der Waals surface area contributed by atoms with Crippen molar-refractivity contribution in [3.8, 4) is 17.2 Å². The first-order valence-electron chi connectivity index (χ1n) is 8.99. The van der Waals surface area contributed by atoms with Gasteiger partial charge in [-0.3, -0.25) is 9.36 Å². The zero-order chi connectivity index (χ0) is 21.7. The first-order chi connectivity index (χ1) is 14.4. The third kappa shape index (κ3) is 4.69. The lowest BCUT2D eigenvalue weighted by Crippen LogP contribution is -2.21. The van der Waals surface area contributed by atoms with Gasteiger partial charge in [0.05, 0.1) is 25.5 Å². The van der Waals surface area contributed by atoms with Crippen molar-refractivity contribution < 1.29 is 23.8 Å². The monoisotopic (exact) mass is 411 g/mol. The number of rotatable bonds is 7. The van der Waals surface area contributed by atoms with Crippen LogP contribution < -0.4 is 20.5 Å². The number of nitrogens with one attached hydrogen (secondary N) is 2. The molecule has 1 heterocycles. The van der Waals surface area contributed by atoms with Crippen LogP contribution in [0.2, 0.25) is 0 Å². The van der Waals surface area contributed by atoms with E-state index in [0.717, 1.165) is 5.69 Å². The fraction of sp³-hybridized carbons (Fsp3) is 0.190. The number of H-pyrrole nitrogens is 1. The molecule has 0 bridgehead atoms. The van der Waals surface area contributed by atoms with Gasteiger partial charge in [0.2, 0.25) is 0 Å². The summed E-state index contributed by atoms with van der Waals surface area (Å²) in [7, 11) is 3.00. The van der Waals surface area contributed by atoms with E-state index in [4.69, 9.17) is 14.2 Å². The van der Waals surface area contributed by atoms with Gasteiger partial charge in [-0.05, 0) is 31.2 Å². The lowest BCUT2D eigenvalue weighted by atomic mass is 10.2. The predicted octanol–water partition coefficient (Wildman–Crippen LogP) is 2.29. The molecule has 156 valence electrons. The van der Waals surface area contributed by atoms with Crippen LogP contribution in [0, 0.1) is 6.92 Å². The lowest BCUT2D eigenvalue weighted by molar-refractivity contribution is -0.119. The Balaban J connectivity index is 1.60. The van der Waals surface area contributed by atoms with E-state index in [9.17, 15) is 14.4 Å². The summed E-state index contributed by atoms with van der Waals surface area (Å²) in [5, 5.41) is 2.62. The Bertz CT molecular complexity index is 1090. The minimum Gasteiger partial charge on any atom is -0.497 e. The fourth-order valence-electron chi connectivity index (χ4n) is 2.81. The molecular formula is C21H21N3O6. The summed E-state index contributed by atoms with van der Waals surface area (Å²) in [5.41, 5.74) is 1.79. The lowest BCUT2D eigenvalue weighted by Gasteiger charge is -2.10. The van der Waals surface area contributed by atoms with E-state index in [-0.39, 0.29) is 11.3 Å². The first kappa shape index (κ1) is 20.7. The van der Waals surface area contributed by atoms with E-state index in [2.05, 4.69) is 10.3 Å². The number of methoxy groups -OCH3 is 2. The predicted molar refractivity (Wildman–Crippen MR) is 110 cm³/mol. The zero-order valence-electron chi connectivity index (χ0n) is 16.7. The van der Waals surface area contributed by atoms with Gasteiger partial charge in [0.15, 0.2) is 6.61 Å². The topological polar surface area (TPSA) is 112 Å². The Morgan fingerprint density at radius 2 is 1.67 bits per heavy atom.